The number of carbonyl (C=O) groups excluding carboxylic acids is 2. The van der Waals surface area contributed by atoms with E-state index in [1.807, 2.05) is 0 Å². The van der Waals surface area contributed by atoms with Crippen molar-refractivity contribution in [2.75, 3.05) is 13.2 Å². The van der Waals surface area contributed by atoms with Gasteiger partial charge in [-0.2, -0.15) is 0 Å². The van der Waals surface area contributed by atoms with Crippen molar-refractivity contribution in [3.05, 3.63) is 45.1 Å². The van der Waals surface area contributed by atoms with Gasteiger partial charge in [0, 0.05) is 11.8 Å². The van der Waals surface area contributed by atoms with Crippen LogP contribution >= 0.6 is 55.1 Å². The topological polar surface area (TPSA) is 78.9 Å². The van der Waals surface area contributed by atoms with Gasteiger partial charge in [-0.15, -0.1) is 23.2 Å². The van der Waals surface area contributed by atoms with E-state index in [9.17, 15) is 9.59 Å². The molecule has 0 N–H and O–H groups in total. The fourth-order valence-corrected chi connectivity index (χ4v) is 3.58. The highest BCUT2D eigenvalue weighted by Gasteiger charge is 2.64. The third-order valence-electron chi connectivity index (χ3n) is 3.70. The standard InChI is InChI=1S/C15H10Br2Cl2O6/c16-11-3-1-9(24-11)13(20)22-5-7-8(15(7,18)19)6-23-14(21)10-2-4-12(17)25-10/h1-4,7-8H,5-6H2/t7-,8-/m0/s1. The number of halogens is 4. The molecule has 0 spiro atoms. The molecule has 1 saturated carbocycles. The molecule has 0 aromatic carbocycles. The highest BCUT2D eigenvalue weighted by molar-refractivity contribution is 9.10. The smallest absolute Gasteiger partial charge is 0.374 e. The van der Waals surface area contributed by atoms with Crippen LogP contribution in [0.5, 0.6) is 0 Å². The molecular weight excluding hydrogens is 507 g/mol. The monoisotopic (exact) mass is 514 g/mol. The van der Waals surface area contributed by atoms with Crippen molar-refractivity contribution in [1.29, 1.82) is 0 Å². The summed E-state index contributed by atoms with van der Waals surface area (Å²) < 4.78 is 20.2. The highest BCUT2D eigenvalue weighted by Crippen LogP contribution is 2.59. The van der Waals surface area contributed by atoms with Crippen molar-refractivity contribution in [2.45, 2.75) is 4.33 Å². The van der Waals surface area contributed by atoms with Crippen molar-refractivity contribution >= 4 is 67.0 Å². The Morgan fingerprint density at radius 2 is 1.32 bits per heavy atom. The summed E-state index contributed by atoms with van der Waals surface area (Å²) in [6, 6.07) is 6.12. The average molecular weight is 517 g/mol. The second kappa shape index (κ2) is 7.34. The van der Waals surface area contributed by atoms with Gasteiger partial charge in [-0.3, -0.25) is 0 Å². The van der Waals surface area contributed by atoms with E-state index in [2.05, 4.69) is 31.9 Å². The van der Waals surface area contributed by atoms with Gasteiger partial charge in [0.15, 0.2) is 9.34 Å². The Balaban J connectivity index is 1.48. The van der Waals surface area contributed by atoms with Gasteiger partial charge in [0.1, 0.15) is 4.33 Å². The summed E-state index contributed by atoms with van der Waals surface area (Å²) in [4.78, 5) is 23.7. The van der Waals surface area contributed by atoms with Gasteiger partial charge < -0.3 is 18.3 Å². The molecule has 0 radical (unpaired) electrons. The van der Waals surface area contributed by atoms with E-state index in [1.54, 1.807) is 12.1 Å². The normalized spacial score (nSPS) is 21.0. The molecule has 0 bridgehead atoms. The lowest BCUT2D eigenvalue weighted by Crippen LogP contribution is -2.10. The molecule has 2 heterocycles. The molecule has 2 atom stereocenters. The molecular formula is C15H10Br2Cl2O6. The number of ether oxygens (including phenoxy) is 2. The van der Waals surface area contributed by atoms with E-state index < -0.39 is 16.3 Å². The molecule has 10 heteroatoms. The predicted molar refractivity (Wildman–Crippen MR) is 94.8 cm³/mol. The highest BCUT2D eigenvalue weighted by atomic mass is 79.9. The van der Waals surface area contributed by atoms with Crippen LogP contribution in [0.2, 0.25) is 0 Å². The summed E-state index contributed by atoms with van der Waals surface area (Å²) in [5, 5.41) is 0. The molecule has 134 valence electrons. The Labute approximate surface area is 169 Å². The fourth-order valence-electron chi connectivity index (χ4n) is 2.24. The van der Waals surface area contributed by atoms with E-state index in [1.165, 1.54) is 12.1 Å². The molecule has 3 rings (SSSR count). The van der Waals surface area contributed by atoms with Gasteiger partial charge in [-0.25, -0.2) is 9.59 Å². The van der Waals surface area contributed by atoms with Crippen LogP contribution in [0.15, 0.2) is 42.4 Å². The van der Waals surface area contributed by atoms with Gasteiger partial charge in [0.05, 0.1) is 13.2 Å². The van der Waals surface area contributed by atoms with Crippen LogP contribution in [0.25, 0.3) is 0 Å². The molecule has 1 fully saturated rings. The van der Waals surface area contributed by atoms with Crippen LogP contribution in [-0.4, -0.2) is 29.5 Å². The van der Waals surface area contributed by atoms with Gasteiger partial charge in [-0.05, 0) is 56.1 Å². The second-order valence-corrected chi connectivity index (χ2v) is 8.30. The van der Waals surface area contributed by atoms with Crippen LogP contribution in [-0.2, 0) is 9.47 Å². The molecule has 2 aromatic rings. The Bertz CT molecular complexity index is 735. The first-order valence-electron chi connectivity index (χ1n) is 7.01. The lowest BCUT2D eigenvalue weighted by atomic mass is 10.3. The lowest BCUT2D eigenvalue weighted by Gasteiger charge is -2.03. The van der Waals surface area contributed by atoms with E-state index in [0.29, 0.717) is 9.34 Å². The Morgan fingerprint density at radius 1 is 0.920 bits per heavy atom. The van der Waals surface area contributed by atoms with Gasteiger partial charge in [-0.1, -0.05) is 0 Å². The third kappa shape index (κ3) is 4.24. The van der Waals surface area contributed by atoms with Crippen molar-refractivity contribution in [1.82, 2.24) is 0 Å². The maximum absolute atomic E-state index is 11.8. The van der Waals surface area contributed by atoms with Gasteiger partial charge in [0.25, 0.3) is 0 Å². The molecule has 1 aliphatic rings. The predicted octanol–water partition coefficient (Wildman–Crippen LogP) is 4.83. The number of esters is 2. The van der Waals surface area contributed by atoms with Crippen LogP contribution in [0, 0.1) is 11.8 Å². The minimum Gasteiger partial charge on any atom is -0.459 e. The van der Waals surface area contributed by atoms with Crippen molar-refractivity contribution in [2.24, 2.45) is 11.8 Å². The van der Waals surface area contributed by atoms with Crippen molar-refractivity contribution in [3.8, 4) is 0 Å². The summed E-state index contributed by atoms with van der Waals surface area (Å²) in [5.41, 5.74) is 0. The van der Waals surface area contributed by atoms with Crippen LogP contribution < -0.4 is 0 Å². The van der Waals surface area contributed by atoms with E-state index >= 15 is 0 Å². The minimum absolute atomic E-state index is 0.0152. The number of carbonyl (C=O) groups is 2. The van der Waals surface area contributed by atoms with Crippen LogP contribution in [0.4, 0.5) is 0 Å². The molecule has 6 nitrogen and oxygen atoms in total. The zero-order valence-corrected chi connectivity index (χ0v) is 17.0. The molecule has 0 saturated heterocycles. The summed E-state index contributed by atoms with van der Waals surface area (Å²) in [5.74, 6) is -1.83. The zero-order valence-electron chi connectivity index (χ0n) is 12.3. The maximum Gasteiger partial charge on any atom is 0.374 e. The number of furan rings is 2. The first kappa shape index (κ1) is 18.8. The van der Waals surface area contributed by atoms with E-state index in [-0.39, 0.29) is 36.6 Å². The average Bonchev–Trinajstić information content (AvgIpc) is 2.97. The summed E-state index contributed by atoms with van der Waals surface area (Å²) >= 11 is 18.5. The number of hydrogen-bond acceptors (Lipinski definition) is 6. The van der Waals surface area contributed by atoms with Crippen molar-refractivity contribution in [3.63, 3.8) is 0 Å². The molecule has 0 unspecified atom stereocenters. The van der Waals surface area contributed by atoms with Gasteiger partial charge >= 0.3 is 11.9 Å². The second-order valence-electron chi connectivity index (χ2n) is 5.29. The van der Waals surface area contributed by atoms with E-state index in [4.69, 9.17) is 41.5 Å². The minimum atomic E-state index is -1.13. The zero-order chi connectivity index (χ0) is 18.2. The molecule has 1 aliphatic carbocycles. The molecule has 0 amide bonds. The largest absolute Gasteiger partial charge is 0.459 e. The number of hydrogen-bond donors (Lipinski definition) is 0. The fraction of sp³-hybridized carbons (Fsp3) is 0.333. The van der Waals surface area contributed by atoms with Crippen LogP contribution in [0.1, 0.15) is 21.1 Å². The van der Waals surface area contributed by atoms with Crippen molar-refractivity contribution < 1.29 is 27.9 Å². The molecule has 2 aromatic heterocycles. The summed E-state index contributed by atoms with van der Waals surface area (Å²) in [7, 11) is 0. The first-order chi connectivity index (χ1) is 11.8. The molecule has 25 heavy (non-hydrogen) atoms. The Morgan fingerprint density at radius 3 is 1.64 bits per heavy atom. The first-order valence-corrected chi connectivity index (χ1v) is 9.36. The lowest BCUT2D eigenvalue weighted by molar-refractivity contribution is 0.0382. The Kier molecular flexibility index (Phi) is 5.53. The summed E-state index contributed by atoms with van der Waals surface area (Å²) in [6.45, 7) is -0.0304. The maximum atomic E-state index is 11.8. The van der Waals surface area contributed by atoms with Crippen LogP contribution in [0.3, 0.4) is 0 Å². The Hall–Kier alpha value is -0.960. The number of rotatable bonds is 6. The quantitative estimate of drug-likeness (QED) is 0.404. The molecule has 0 aliphatic heterocycles. The third-order valence-corrected chi connectivity index (χ3v) is 5.68. The SMILES string of the molecule is O=C(OC[C@H]1[C@H](COC(=O)c2ccc(Br)o2)C1(Cl)Cl)c1ccc(Br)o1. The van der Waals surface area contributed by atoms with E-state index in [0.717, 1.165) is 0 Å². The van der Waals surface area contributed by atoms with Gasteiger partial charge in [0.2, 0.25) is 11.5 Å². The summed E-state index contributed by atoms with van der Waals surface area (Å²) in [6.07, 6.45) is 0. The number of alkyl halides is 2.